The monoisotopic (exact) mass is 342 g/mol. The molecule has 1 fully saturated rings. The van der Waals surface area contributed by atoms with E-state index in [1.165, 1.54) is 6.20 Å². The van der Waals surface area contributed by atoms with Gasteiger partial charge < -0.3 is 19.5 Å². The lowest BCUT2D eigenvalue weighted by Crippen LogP contribution is -2.44. The van der Waals surface area contributed by atoms with Crippen molar-refractivity contribution in [2.24, 2.45) is 0 Å². The van der Waals surface area contributed by atoms with E-state index < -0.39 is 6.10 Å². The van der Waals surface area contributed by atoms with E-state index in [1.54, 1.807) is 4.57 Å². The highest BCUT2D eigenvalue weighted by molar-refractivity contribution is 6.29. The molecule has 2 heterocycles. The topological polar surface area (TPSA) is 61.6 Å². The minimum Gasteiger partial charge on any atom is -0.385 e. The third-order valence-electron chi connectivity index (χ3n) is 4.51. The Balaban J connectivity index is 1.96. The first-order valence-electron chi connectivity index (χ1n) is 8.16. The molecule has 130 valence electrons. The first-order chi connectivity index (χ1) is 10.8. The summed E-state index contributed by atoms with van der Waals surface area (Å²) in [4.78, 5) is 20.6. The molecule has 1 aromatic heterocycles. The Morgan fingerprint density at radius 2 is 2.04 bits per heavy atom. The summed E-state index contributed by atoms with van der Waals surface area (Å²) in [5, 5.41) is 10.9. The van der Waals surface area contributed by atoms with E-state index in [0.29, 0.717) is 17.0 Å². The van der Waals surface area contributed by atoms with Gasteiger partial charge in [-0.1, -0.05) is 11.6 Å². The highest BCUT2D eigenvalue weighted by Gasteiger charge is 2.27. The molecule has 0 aromatic carbocycles. The molecule has 1 amide bonds. The Hall–Kier alpha value is -1.11. The lowest BCUT2D eigenvalue weighted by atomic mass is 10.0. The molecule has 1 saturated heterocycles. The van der Waals surface area contributed by atoms with Crippen LogP contribution in [0.1, 0.15) is 51.1 Å². The van der Waals surface area contributed by atoms with Gasteiger partial charge in [-0.2, -0.15) is 0 Å². The third-order valence-corrected chi connectivity index (χ3v) is 4.79. The molecule has 7 heteroatoms. The van der Waals surface area contributed by atoms with Crippen LogP contribution < -0.4 is 0 Å². The molecule has 1 N–H and O–H groups in total. The van der Waals surface area contributed by atoms with Gasteiger partial charge in [0.2, 0.25) is 5.91 Å². The Kier molecular flexibility index (Phi) is 6.06. The van der Waals surface area contributed by atoms with Gasteiger partial charge in [0, 0.05) is 25.2 Å². The van der Waals surface area contributed by atoms with Crippen molar-refractivity contribution in [2.75, 3.05) is 27.2 Å². The number of imidazole rings is 1. The summed E-state index contributed by atoms with van der Waals surface area (Å²) in [6.07, 6.45) is 2.59. The number of piperidine rings is 1. The van der Waals surface area contributed by atoms with Gasteiger partial charge in [0.25, 0.3) is 0 Å². The largest absolute Gasteiger partial charge is 0.385 e. The maximum Gasteiger partial charge on any atom is 0.225 e. The fourth-order valence-electron chi connectivity index (χ4n) is 3.13. The SMILES string of the molecule is CC(C)n1c(Cl)cnc1C(O)CC(=O)N1CCC(N(C)C)CC1. The standard InChI is InChI=1S/C16H27ClN4O2/c1-11(2)21-14(17)10-18-16(21)13(22)9-15(23)20-7-5-12(6-8-20)19(3)4/h10-13,22H,5-9H2,1-4H3. The zero-order valence-electron chi connectivity index (χ0n) is 14.4. The van der Waals surface area contributed by atoms with Crippen LogP contribution in [0.15, 0.2) is 6.20 Å². The highest BCUT2D eigenvalue weighted by Crippen LogP contribution is 2.25. The van der Waals surface area contributed by atoms with Gasteiger partial charge in [-0.05, 0) is 40.8 Å². The van der Waals surface area contributed by atoms with Gasteiger partial charge in [0.05, 0.1) is 12.6 Å². The summed E-state index contributed by atoms with van der Waals surface area (Å²) in [7, 11) is 4.14. The van der Waals surface area contributed by atoms with E-state index >= 15 is 0 Å². The van der Waals surface area contributed by atoms with E-state index in [9.17, 15) is 9.90 Å². The smallest absolute Gasteiger partial charge is 0.225 e. The molecule has 1 unspecified atom stereocenters. The summed E-state index contributed by atoms with van der Waals surface area (Å²) < 4.78 is 1.76. The number of likely N-dealkylation sites (tertiary alicyclic amines) is 1. The Morgan fingerprint density at radius 3 is 2.57 bits per heavy atom. The summed E-state index contributed by atoms with van der Waals surface area (Å²) in [6, 6.07) is 0.614. The number of carbonyl (C=O) groups is 1. The number of nitrogens with zero attached hydrogens (tertiary/aromatic N) is 4. The Labute approximate surface area is 143 Å². The van der Waals surface area contributed by atoms with Gasteiger partial charge >= 0.3 is 0 Å². The van der Waals surface area contributed by atoms with Gasteiger partial charge in [-0.15, -0.1) is 0 Å². The van der Waals surface area contributed by atoms with Crippen molar-refractivity contribution in [3.63, 3.8) is 0 Å². The summed E-state index contributed by atoms with van der Waals surface area (Å²) >= 11 is 6.10. The normalized spacial score (nSPS) is 18.0. The van der Waals surface area contributed by atoms with Gasteiger partial charge in [-0.3, -0.25) is 4.79 Å². The molecule has 0 saturated carbocycles. The average molecular weight is 343 g/mol. The predicted octanol–water partition coefficient (Wildman–Crippen LogP) is 2.09. The van der Waals surface area contributed by atoms with E-state index in [4.69, 9.17) is 11.6 Å². The van der Waals surface area contributed by atoms with Crippen molar-refractivity contribution in [2.45, 2.75) is 51.3 Å². The number of rotatable bonds is 5. The van der Waals surface area contributed by atoms with Crippen LogP contribution in [-0.4, -0.2) is 63.6 Å². The number of amides is 1. The fraction of sp³-hybridized carbons (Fsp3) is 0.750. The predicted molar refractivity (Wildman–Crippen MR) is 90.5 cm³/mol. The second-order valence-electron chi connectivity index (χ2n) is 6.70. The molecule has 0 bridgehead atoms. The van der Waals surface area contributed by atoms with Crippen molar-refractivity contribution in [1.82, 2.24) is 19.4 Å². The number of carbonyl (C=O) groups excluding carboxylic acids is 1. The van der Waals surface area contributed by atoms with E-state index in [2.05, 4.69) is 24.0 Å². The van der Waals surface area contributed by atoms with Crippen molar-refractivity contribution < 1.29 is 9.90 Å². The third kappa shape index (κ3) is 4.25. The summed E-state index contributed by atoms with van der Waals surface area (Å²) in [5.74, 6) is 0.436. The van der Waals surface area contributed by atoms with Crippen LogP contribution >= 0.6 is 11.6 Å². The van der Waals surface area contributed by atoms with Crippen LogP contribution in [0.2, 0.25) is 5.15 Å². The molecule has 1 aliphatic heterocycles. The molecule has 0 spiro atoms. The number of aromatic nitrogens is 2. The first-order valence-corrected chi connectivity index (χ1v) is 8.54. The molecule has 2 rings (SSSR count). The molecule has 1 aromatic rings. The lowest BCUT2D eigenvalue weighted by molar-refractivity contribution is -0.135. The minimum atomic E-state index is -0.927. The van der Waals surface area contributed by atoms with Crippen LogP contribution in [0.5, 0.6) is 0 Å². The van der Waals surface area contributed by atoms with Crippen LogP contribution in [0.4, 0.5) is 0 Å². The van der Waals surface area contributed by atoms with Gasteiger partial charge in [0.15, 0.2) is 0 Å². The van der Waals surface area contributed by atoms with Crippen molar-refractivity contribution >= 4 is 17.5 Å². The molecule has 23 heavy (non-hydrogen) atoms. The molecule has 0 aliphatic carbocycles. The highest BCUT2D eigenvalue weighted by atomic mass is 35.5. The van der Waals surface area contributed by atoms with Crippen molar-refractivity contribution in [3.8, 4) is 0 Å². The number of aliphatic hydroxyl groups excluding tert-OH is 1. The Morgan fingerprint density at radius 1 is 1.43 bits per heavy atom. The quantitative estimate of drug-likeness (QED) is 0.890. The first kappa shape index (κ1) is 18.2. The fourth-order valence-corrected chi connectivity index (χ4v) is 3.46. The minimum absolute atomic E-state index is 0.0239. The number of hydrogen-bond donors (Lipinski definition) is 1. The number of aliphatic hydroxyl groups is 1. The lowest BCUT2D eigenvalue weighted by Gasteiger charge is -2.35. The van der Waals surface area contributed by atoms with Crippen molar-refractivity contribution in [1.29, 1.82) is 0 Å². The van der Waals surface area contributed by atoms with Crippen LogP contribution in [0, 0.1) is 0 Å². The summed E-state index contributed by atoms with van der Waals surface area (Å²) in [5.41, 5.74) is 0. The van der Waals surface area contributed by atoms with Gasteiger partial charge in [0.1, 0.15) is 17.1 Å². The maximum atomic E-state index is 12.4. The molecule has 1 atom stereocenters. The van der Waals surface area contributed by atoms with Crippen LogP contribution in [-0.2, 0) is 4.79 Å². The summed E-state index contributed by atoms with van der Waals surface area (Å²) in [6.45, 7) is 5.43. The van der Waals surface area contributed by atoms with E-state index in [1.807, 2.05) is 18.7 Å². The maximum absolute atomic E-state index is 12.4. The zero-order chi connectivity index (χ0) is 17.1. The molecular weight excluding hydrogens is 316 g/mol. The number of halogens is 1. The Bertz CT molecular complexity index is 536. The van der Waals surface area contributed by atoms with Gasteiger partial charge in [-0.25, -0.2) is 4.98 Å². The van der Waals surface area contributed by atoms with E-state index in [0.717, 1.165) is 25.9 Å². The molecule has 6 nitrogen and oxygen atoms in total. The molecule has 0 radical (unpaired) electrons. The average Bonchev–Trinajstić information content (AvgIpc) is 2.89. The zero-order valence-corrected chi connectivity index (χ0v) is 15.1. The van der Waals surface area contributed by atoms with Crippen molar-refractivity contribution in [3.05, 3.63) is 17.2 Å². The second kappa shape index (κ2) is 7.64. The molecular formula is C16H27ClN4O2. The van der Waals surface area contributed by atoms with E-state index in [-0.39, 0.29) is 18.4 Å². The van der Waals surface area contributed by atoms with Crippen LogP contribution in [0.3, 0.4) is 0 Å². The number of hydrogen-bond acceptors (Lipinski definition) is 4. The molecule has 1 aliphatic rings. The van der Waals surface area contributed by atoms with Crippen LogP contribution in [0.25, 0.3) is 0 Å². The second-order valence-corrected chi connectivity index (χ2v) is 7.09.